The molecule has 1 N–H and O–H groups in total. The van der Waals surface area contributed by atoms with E-state index in [9.17, 15) is 4.79 Å². The largest absolute Gasteiger partial charge is 0.356 e. The molecule has 1 aliphatic carbocycles. The van der Waals surface area contributed by atoms with E-state index in [0.29, 0.717) is 0 Å². The fourth-order valence-corrected chi connectivity index (χ4v) is 4.34. The standard InChI is InChI=1S/C25H30N2O/c1-23(2,3)17-14-25(15-18(22(17)28)24(4,5)6)26-19-12-8-10-16-11-9-13-20(21(16)19)27(25)7/h8-15,26H,1-7H3. The van der Waals surface area contributed by atoms with Crippen LogP contribution < -0.4 is 10.2 Å². The number of nitrogens with zero attached hydrogens (tertiary/aromatic N) is 1. The van der Waals surface area contributed by atoms with E-state index in [1.54, 1.807) is 0 Å². The highest BCUT2D eigenvalue weighted by Gasteiger charge is 2.45. The molecule has 0 amide bonds. The van der Waals surface area contributed by atoms with Crippen molar-refractivity contribution >= 4 is 27.9 Å². The van der Waals surface area contributed by atoms with E-state index >= 15 is 0 Å². The number of nitrogens with one attached hydrogen (secondary N) is 1. The molecule has 0 bridgehead atoms. The van der Waals surface area contributed by atoms with Crippen LogP contribution in [0.1, 0.15) is 41.5 Å². The van der Waals surface area contributed by atoms with Crippen LogP contribution in [0.2, 0.25) is 0 Å². The summed E-state index contributed by atoms with van der Waals surface area (Å²) in [5, 5.41) is 6.22. The topological polar surface area (TPSA) is 32.3 Å². The number of hydrogen-bond donors (Lipinski definition) is 1. The summed E-state index contributed by atoms with van der Waals surface area (Å²) in [4.78, 5) is 15.7. The van der Waals surface area contributed by atoms with Crippen LogP contribution in [0.15, 0.2) is 59.7 Å². The van der Waals surface area contributed by atoms with Crippen molar-refractivity contribution in [3.8, 4) is 0 Å². The minimum Gasteiger partial charge on any atom is -0.356 e. The quantitative estimate of drug-likeness (QED) is 0.621. The number of carbonyl (C=O) groups excluding carboxylic acids is 1. The molecule has 0 saturated carbocycles. The van der Waals surface area contributed by atoms with Gasteiger partial charge in [-0.3, -0.25) is 4.79 Å². The molecule has 0 unspecified atom stereocenters. The molecule has 0 saturated heterocycles. The van der Waals surface area contributed by atoms with Crippen LogP contribution in [0, 0.1) is 10.8 Å². The molecular formula is C25H30N2O. The van der Waals surface area contributed by atoms with Crippen molar-refractivity contribution in [2.75, 3.05) is 17.3 Å². The van der Waals surface area contributed by atoms with E-state index in [2.05, 4.69) is 107 Å². The first kappa shape index (κ1) is 18.8. The Balaban J connectivity index is 2.01. The number of rotatable bonds is 0. The maximum Gasteiger partial charge on any atom is 0.185 e. The Hall–Kier alpha value is -2.55. The Bertz CT molecular complexity index is 1010. The molecule has 3 nitrogen and oxygen atoms in total. The Kier molecular flexibility index (Phi) is 3.85. The van der Waals surface area contributed by atoms with Crippen molar-refractivity contribution in [2.45, 2.75) is 47.2 Å². The summed E-state index contributed by atoms with van der Waals surface area (Å²) in [6.45, 7) is 12.7. The normalized spacial score (nSPS) is 18.8. The third-order valence-corrected chi connectivity index (χ3v) is 5.97. The van der Waals surface area contributed by atoms with Crippen molar-refractivity contribution in [3.05, 3.63) is 59.7 Å². The number of likely N-dealkylation sites (N-methyl/N-ethyl adjacent to an activating group) is 1. The zero-order chi connectivity index (χ0) is 20.5. The molecule has 0 fully saturated rings. The van der Waals surface area contributed by atoms with Crippen LogP contribution in [-0.2, 0) is 4.79 Å². The van der Waals surface area contributed by atoms with Crippen molar-refractivity contribution < 1.29 is 4.79 Å². The lowest BCUT2D eigenvalue weighted by Crippen LogP contribution is -2.55. The zero-order valence-electron chi connectivity index (χ0n) is 18.0. The zero-order valence-corrected chi connectivity index (χ0v) is 18.0. The molecule has 2 aromatic carbocycles. The third kappa shape index (κ3) is 2.68. The van der Waals surface area contributed by atoms with Crippen LogP contribution in [-0.4, -0.2) is 18.5 Å². The fraction of sp³-hybridized carbons (Fsp3) is 0.400. The Labute approximate surface area is 168 Å². The first-order valence-electron chi connectivity index (χ1n) is 9.99. The van der Waals surface area contributed by atoms with Gasteiger partial charge in [0.2, 0.25) is 0 Å². The molecule has 28 heavy (non-hydrogen) atoms. The van der Waals surface area contributed by atoms with Gasteiger partial charge < -0.3 is 10.2 Å². The van der Waals surface area contributed by atoms with Gasteiger partial charge in [-0.15, -0.1) is 0 Å². The van der Waals surface area contributed by atoms with E-state index in [-0.39, 0.29) is 16.6 Å². The monoisotopic (exact) mass is 374 g/mol. The second kappa shape index (κ2) is 5.73. The number of carbonyl (C=O) groups is 1. The van der Waals surface area contributed by atoms with Crippen molar-refractivity contribution in [1.29, 1.82) is 0 Å². The van der Waals surface area contributed by atoms with Crippen LogP contribution in [0.4, 0.5) is 11.4 Å². The van der Waals surface area contributed by atoms with Crippen molar-refractivity contribution in [2.24, 2.45) is 10.8 Å². The lowest BCUT2D eigenvalue weighted by molar-refractivity contribution is -0.114. The number of hydrogen-bond acceptors (Lipinski definition) is 3. The minimum absolute atomic E-state index is 0.165. The molecule has 4 rings (SSSR count). The van der Waals surface area contributed by atoms with Gasteiger partial charge in [0.25, 0.3) is 0 Å². The van der Waals surface area contributed by atoms with E-state index in [1.165, 1.54) is 16.5 Å². The molecule has 1 spiro atoms. The Morgan fingerprint density at radius 2 is 1.39 bits per heavy atom. The van der Waals surface area contributed by atoms with Gasteiger partial charge >= 0.3 is 0 Å². The van der Waals surface area contributed by atoms with Gasteiger partial charge in [-0.05, 0) is 40.5 Å². The van der Waals surface area contributed by atoms with E-state index in [1.807, 2.05) is 0 Å². The fourth-order valence-electron chi connectivity index (χ4n) is 4.34. The second-order valence-corrected chi connectivity index (χ2v) is 10.1. The van der Waals surface area contributed by atoms with Crippen LogP contribution >= 0.6 is 0 Å². The summed E-state index contributed by atoms with van der Waals surface area (Å²) in [6, 6.07) is 12.8. The molecule has 0 aromatic heterocycles. The maximum atomic E-state index is 13.4. The molecule has 3 heteroatoms. The maximum absolute atomic E-state index is 13.4. The highest BCUT2D eigenvalue weighted by Crippen LogP contribution is 2.47. The van der Waals surface area contributed by atoms with Crippen molar-refractivity contribution in [3.63, 3.8) is 0 Å². The number of ketones is 1. The van der Waals surface area contributed by atoms with Crippen molar-refractivity contribution in [1.82, 2.24) is 0 Å². The summed E-state index contributed by atoms with van der Waals surface area (Å²) < 4.78 is 0. The van der Waals surface area contributed by atoms with Gasteiger partial charge in [-0.25, -0.2) is 0 Å². The SMILES string of the molecule is CN1c2cccc3cccc(c23)NC12C=C(C(C)(C)C)C(=O)C(C(C)(C)C)=C2. The molecule has 1 heterocycles. The first-order valence-corrected chi connectivity index (χ1v) is 9.99. The van der Waals surface area contributed by atoms with Gasteiger partial charge in [-0.2, -0.15) is 0 Å². The predicted octanol–water partition coefficient (Wildman–Crippen LogP) is 5.93. The number of benzene rings is 2. The summed E-state index contributed by atoms with van der Waals surface area (Å²) in [5.41, 5.74) is 2.98. The Morgan fingerprint density at radius 1 is 0.857 bits per heavy atom. The number of Topliss-reactive ketones (excluding diaryl/α,β-unsaturated/α-hetero) is 1. The number of allylic oxidation sites excluding steroid dienone is 2. The van der Waals surface area contributed by atoms with Gasteiger partial charge in [-0.1, -0.05) is 65.8 Å². The van der Waals surface area contributed by atoms with Gasteiger partial charge in [0.15, 0.2) is 11.4 Å². The third-order valence-electron chi connectivity index (χ3n) is 5.97. The van der Waals surface area contributed by atoms with Crippen LogP contribution in [0.25, 0.3) is 10.8 Å². The second-order valence-electron chi connectivity index (χ2n) is 10.1. The molecule has 146 valence electrons. The van der Waals surface area contributed by atoms with Gasteiger partial charge in [0.05, 0.1) is 0 Å². The molecule has 0 radical (unpaired) electrons. The van der Waals surface area contributed by atoms with E-state index in [4.69, 9.17) is 0 Å². The highest BCUT2D eigenvalue weighted by atomic mass is 16.1. The first-order chi connectivity index (χ1) is 12.9. The summed E-state index contributed by atoms with van der Waals surface area (Å²) in [7, 11) is 2.11. The van der Waals surface area contributed by atoms with Crippen LogP contribution in [0.3, 0.4) is 0 Å². The smallest absolute Gasteiger partial charge is 0.185 e. The average Bonchev–Trinajstić information content (AvgIpc) is 2.59. The lowest BCUT2D eigenvalue weighted by atomic mass is 9.70. The molecule has 2 aliphatic rings. The highest BCUT2D eigenvalue weighted by molar-refractivity contribution is 6.13. The minimum atomic E-state index is -0.568. The Morgan fingerprint density at radius 3 is 1.93 bits per heavy atom. The lowest BCUT2D eigenvalue weighted by Gasteiger charge is -2.48. The summed E-state index contributed by atoms with van der Waals surface area (Å²) in [5.74, 6) is 0.165. The summed E-state index contributed by atoms with van der Waals surface area (Å²) in [6.07, 6.45) is 4.28. The average molecular weight is 375 g/mol. The van der Waals surface area contributed by atoms with Crippen LogP contribution in [0.5, 0.6) is 0 Å². The molecule has 1 aliphatic heterocycles. The van der Waals surface area contributed by atoms with E-state index in [0.717, 1.165) is 16.8 Å². The van der Waals surface area contributed by atoms with E-state index < -0.39 is 5.66 Å². The predicted molar refractivity (Wildman–Crippen MR) is 119 cm³/mol. The molecular weight excluding hydrogens is 344 g/mol. The van der Waals surface area contributed by atoms with Gasteiger partial charge in [0, 0.05) is 35.0 Å². The number of anilines is 2. The summed E-state index contributed by atoms with van der Waals surface area (Å²) >= 11 is 0. The molecule has 2 aromatic rings. The molecule has 0 atom stereocenters. The van der Waals surface area contributed by atoms with Gasteiger partial charge in [0.1, 0.15) is 0 Å².